The number of rotatable bonds is 3. The lowest BCUT2D eigenvalue weighted by molar-refractivity contribution is 0.287. The highest BCUT2D eigenvalue weighted by Crippen LogP contribution is 2.02. The molecule has 0 bridgehead atoms. The number of nitrogens with two attached hydrogens (primary N) is 1. The van der Waals surface area contributed by atoms with Gasteiger partial charge in [0.1, 0.15) is 0 Å². The Bertz CT molecular complexity index is 111. The molecule has 11 heavy (non-hydrogen) atoms. The molecular formula is C9H18N2. The molecule has 2 N–H and O–H groups in total. The lowest BCUT2D eigenvalue weighted by Gasteiger charge is -2.18. The predicted molar refractivity (Wildman–Crippen MR) is 48.5 cm³/mol. The van der Waals surface area contributed by atoms with E-state index in [4.69, 9.17) is 5.73 Å². The number of hydrogen-bond acceptors (Lipinski definition) is 2. The van der Waals surface area contributed by atoms with Crippen LogP contribution >= 0.6 is 0 Å². The van der Waals surface area contributed by atoms with Crippen LogP contribution in [0.4, 0.5) is 0 Å². The van der Waals surface area contributed by atoms with Crippen molar-refractivity contribution in [3.63, 3.8) is 0 Å². The van der Waals surface area contributed by atoms with Gasteiger partial charge in [-0.25, -0.2) is 0 Å². The van der Waals surface area contributed by atoms with Gasteiger partial charge < -0.3 is 10.6 Å². The van der Waals surface area contributed by atoms with Crippen molar-refractivity contribution in [1.82, 2.24) is 4.90 Å². The summed E-state index contributed by atoms with van der Waals surface area (Å²) in [6, 6.07) is 0. The first kappa shape index (κ1) is 8.75. The Balaban J connectivity index is 2.13. The van der Waals surface area contributed by atoms with Gasteiger partial charge >= 0.3 is 0 Å². The fourth-order valence-corrected chi connectivity index (χ4v) is 1.40. The molecule has 0 unspecified atom stereocenters. The van der Waals surface area contributed by atoms with Gasteiger partial charge in [-0.3, -0.25) is 0 Å². The molecule has 0 saturated carbocycles. The molecule has 64 valence electrons. The summed E-state index contributed by atoms with van der Waals surface area (Å²) in [5, 5.41) is 0. The minimum atomic E-state index is 0.823. The topological polar surface area (TPSA) is 29.3 Å². The molecule has 0 spiro atoms. The lowest BCUT2D eigenvalue weighted by atomic mass is 10.3. The molecule has 0 aromatic carbocycles. The van der Waals surface area contributed by atoms with Crippen molar-refractivity contribution < 1.29 is 0 Å². The van der Waals surface area contributed by atoms with E-state index in [9.17, 15) is 0 Å². The first-order chi connectivity index (χ1) is 5.43. The molecule has 0 amide bonds. The maximum atomic E-state index is 5.44. The molecule has 2 nitrogen and oxygen atoms in total. The molecule has 1 aliphatic rings. The third-order valence-corrected chi connectivity index (χ3v) is 2.07. The highest BCUT2D eigenvalue weighted by molar-refractivity contribution is 4.86. The lowest BCUT2D eigenvalue weighted by Crippen LogP contribution is -2.27. The van der Waals surface area contributed by atoms with Crippen LogP contribution in [0.3, 0.4) is 0 Å². The van der Waals surface area contributed by atoms with Crippen molar-refractivity contribution in [1.29, 1.82) is 0 Å². The molecule has 0 aromatic heterocycles. The molecule has 2 heteroatoms. The van der Waals surface area contributed by atoms with Crippen molar-refractivity contribution in [2.24, 2.45) is 5.73 Å². The van der Waals surface area contributed by atoms with Gasteiger partial charge in [-0.1, -0.05) is 12.2 Å². The Morgan fingerprint density at radius 2 is 1.82 bits per heavy atom. The van der Waals surface area contributed by atoms with E-state index in [0.29, 0.717) is 0 Å². The Morgan fingerprint density at radius 3 is 2.36 bits per heavy atom. The van der Waals surface area contributed by atoms with Gasteiger partial charge in [0, 0.05) is 13.1 Å². The standard InChI is InChI=1S/C9H18N2/c10-6-5-9-11-7-3-1-2-4-8-11/h1-2H,3-10H2. The van der Waals surface area contributed by atoms with Crippen LogP contribution in [-0.4, -0.2) is 31.1 Å². The monoisotopic (exact) mass is 154 g/mol. The van der Waals surface area contributed by atoms with Crippen molar-refractivity contribution in [3.05, 3.63) is 12.2 Å². The quantitative estimate of drug-likeness (QED) is 0.614. The summed E-state index contributed by atoms with van der Waals surface area (Å²) in [7, 11) is 0. The second kappa shape index (κ2) is 5.33. The van der Waals surface area contributed by atoms with Crippen LogP contribution < -0.4 is 5.73 Å². The van der Waals surface area contributed by atoms with E-state index in [-0.39, 0.29) is 0 Å². The Morgan fingerprint density at radius 1 is 1.18 bits per heavy atom. The van der Waals surface area contributed by atoms with Crippen molar-refractivity contribution in [2.75, 3.05) is 26.2 Å². The van der Waals surface area contributed by atoms with Gasteiger partial charge in [-0.2, -0.15) is 0 Å². The predicted octanol–water partition coefficient (Wildman–Crippen LogP) is 0.987. The van der Waals surface area contributed by atoms with E-state index in [1.807, 2.05) is 0 Å². The normalized spacial score (nSPS) is 20.1. The smallest absolute Gasteiger partial charge is 0.00160 e. The van der Waals surface area contributed by atoms with E-state index in [1.54, 1.807) is 0 Å². The first-order valence-corrected chi connectivity index (χ1v) is 4.51. The fraction of sp³-hybridized carbons (Fsp3) is 0.778. The van der Waals surface area contributed by atoms with Crippen LogP contribution in [0.1, 0.15) is 19.3 Å². The third-order valence-electron chi connectivity index (χ3n) is 2.07. The summed E-state index contributed by atoms with van der Waals surface area (Å²) in [6.07, 6.45) is 8.13. The van der Waals surface area contributed by atoms with Crippen LogP contribution in [0.2, 0.25) is 0 Å². The molecule has 0 fully saturated rings. The van der Waals surface area contributed by atoms with Crippen molar-refractivity contribution in [2.45, 2.75) is 19.3 Å². The minimum Gasteiger partial charge on any atom is -0.330 e. The van der Waals surface area contributed by atoms with Gasteiger partial charge in [0.2, 0.25) is 0 Å². The summed E-state index contributed by atoms with van der Waals surface area (Å²) in [5.74, 6) is 0. The zero-order valence-electron chi connectivity index (χ0n) is 7.13. The number of hydrogen-bond donors (Lipinski definition) is 1. The van der Waals surface area contributed by atoms with E-state index >= 15 is 0 Å². The molecule has 0 atom stereocenters. The van der Waals surface area contributed by atoms with Gasteiger partial charge in [0.05, 0.1) is 0 Å². The number of nitrogens with zero attached hydrogens (tertiary/aromatic N) is 1. The molecule has 0 saturated heterocycles. The molecule has 0 radical (unpaired) electrons. The van der Waals surface area contributed by atoms with Gasteiger partial charge in [-0.05, 0) is 32.4 Å². The largest absolute Gasteiger partial charge is 0.330 e. The minimum absolute atomic E-state index is 0.823. The first-order valence-electron chi connectivity index (χ1n) is 4.51. The maximum Gasteiger partial charge on any atom is 0.00160 e. The molecule has 1 heterocycles. The Labute approximate surface area is 69.1 Å². The fourth-order valence-electron chi connectivity index (χ4n) is 1.40. The average molecular weight is 154 g/mol. The molecule has 1 rings (SSSR count). The summed E-state index contributed by atoms with van der Waals surface area (Å²) < 4.78 is 0. The molecule has 0 aromatic rings. The third kappa shape index (κ3) is 3.54. The Hall–Kier alpha value is -0.340. The summed E-state index contributed by atoms with van der Waals surface area (Å²) in [4.78, 5) is 2.49. The van der Waals surface area contributed by atoms with Gasteiger partial charge in [-0.15, -0.1) is 0 Å². The van der Waals surface area contributed by atoms with Gasteiger partial charge in [0.25, 0.3) is 0 Å². The molecule has 0 aliphatic carbocycles. The van der Waals surface area contributed by atoms with Crippen molar-refractivity contribution in [3.8, 4) is 0 Å². The average Bonchev–Trinajstić information content (AvgIpc) is 2.28. The van der Waals surface area contributed by atoms with Crippen LogP contribution in [0.15, 0.2) is 12.2 Å². The van der Waals surface area contributed by atoms with E-state index in [1.165, 1.54) is 32.5 Å². The maximum absolute atomic E-state index is 5.44. The Kier molecular flexibility index (Phi) is 4.24. The van der Waals surface area contributed by atoms with Crippen LogP contribution in [0.5, 0.6) is 0 Å². The zero-order valence-corrected chi connectivity index (χ0v) is 7.13. The van der Waals surface area contributed by atoms with E-state index in [0.717, 1.165) is 13.0 Å². The second-order valence-corrected chi connectivity index (χ2v) is 3.03. The van der Waals surface area contributed by atoms with E-state index < -0.39 is 0 Å². The van der Waals surface area contributed by atoms with Crippen LogP contribution in [-0.2, 0) is 0 Å². The zero-order chi connectivity index (χ0) is 7.94. The van der Waals surface area contributed by atoms with Crippen LogP contribution in [0, 0.1) is 0 Å². The highest BCUT2D eigenvalue weighted by Gasteiger charge is 2.03. The second-order valence-electron chi connectivity index (χ2n) is 3.03. The summed E-state index contributed by atoms with van der Waals surface area (Å²) in [6.45, 7) is 4.44. The highest BCUT2D eigenvalue weighted by atomic mass is 15.1. The van der Waals surface area contributed by atoms with Crippen molar-refractivity contribution >= 4 is 0 Å². The molecule has 1 aliphatic heterocycles. The molecular weight excluding hydrogens is 136 g/mol. The SMILES string of the molecule is NCCCN1CCC=CCC1. The van der Waals surface area contributed by atoms with Gasteiger partial charge in [0.15, 0.2) is 0 Å². The summed E-state index contributed by atoms with van der Waals surface area (Å²) >= 11 is 0. The van der Waals surface area contributed by atoms with Crippen LogP contribution in [0.25, 0.3) is 0 Å². The summed E-state index contributed by atoms with van der Waals surface area (Å²) in [5.41, 5.74) is 5.44. The van der Waals surface area contributed by atoms with E-state index in [2.05, 4.69) is 17.1 Å².